The van der Waals surface area contributed by atoms with E-state index in [0.717, 1.165) is 0 Å². The van der Waals surface area contributed by atoms with Gasteiger partial charge in [0, 0.05) is 5.56 Å². The monoisotopic (exact) mass is 418 g/mol. The van der Waals surface area contributed by atoms with Crippen LogP contribution in [0.2, 0.25) is 10.0 Å². The molecule has 1 heterocycles. The molecule has 0 aromatic heterocycles. The molecule has 1 aromatic carbocycles. The zero-order valence-electron chi connectivity index (χ0n) is 16.0. The van der Waals surface area contributed by atoms with E-state index in [1.165, 1.54) is 17.0 Å². The number of rotatable bonds is 4. The predicted molar refractivity (Wildman–Crippen MR) is 102 cm³/mol. The molecule has 9 heteroatoms. The zero-order chi connectivity index (χ0) is 20.6. The Bertz CT molecular complexity index is 723. The Hall–Kier alpha value is -1.70. The molecule has 0 radical (unpaired) electrons. The van der Waals surface area contributed by atoms with Gasteiger partial charge in [-0.15, -0.1) is 0 Å². The van der Waals surface area contributed by atoms with E-state index in [0.29, 0.717) is 0 Å². The smallest absolute Gasteiger partial charge is 0.413 e. The van der Waals surface area contributed by atoms with E-state index in [1.807, 2.05) is 0 Å². The fraction of sp³-hybridized carbons (Fsp3) is 0.556. The number of hydrogen-bond acceptors (Lipinski definition) is 5. The summed E-state index contributed by atoms with van der Waals surface area (Å²) in [5.41, 5.74) is 3.93. The summed E-state index contributed by atoms with van der Waals surface area (Å²) in [6, 6.07) is 2.36. The maximum absolute atomic E-state index is 12.6. The quantitative estimate of drug-likeness (QED) is 0.801. The molecule has 150 valence electrons. The SMILES string of the molecule is CC(C)(C)OC(=O)N1[C@@H](COc2c(Cl)cc(C(N)=O)cc2Cl)COC1(C)C. The van der Waals surface area contributed by atoms with Crippen molar-refractivity contribution in [2.45, 2.75) is 52.0 Å². The number of amides is 2. The van der Waals surface area contributed by atoms with Crippen molar-refractivity contribution >= 4 is 35.2 Å². The maximum atomic E-state index is 12.6. The molecule has 0 spiro atoms. The van der Waals surface area contributed by atoms with Crippen molar-refractivity contribution in [2.75, 3.05) is 13.2 Å². The van der Waals surface area contributed by atoms with Gasteiger partial charge in [-0.25, -0.2) is 4.79 Å². The minimum absolute atomic E-state index is 0.0814. The van der Waals surface area contributed by atoms with Crippen LogP contribution in [-0.4, -0.2) is 47.5 Å². The topological polar surface area (TPSA) is 91.1 Å². The summed E-state index contributed by atoms with van der Waals surface area (Å²) < 4.78 is 16.9. The highest BCUT2D eigenvalue weighted by Crippen LogP contribution is 2.36. The molecule has 1 aromatic rings. The number of halogens is 2. The first-order valence-electron chi connectivity index (χ1n) is 8.40. The number of primary amides is 1. The van der Waals surface area contributed by atoms with Crippen LogP contribution in [0, 0.1) is 0 Å². The Labute approximate surface area is 168 Å². The molecule has 27 heavy (non-hydrogen) atoms. The van der Waals surface area contributed by atoms with Crippen LogP contribution in [0.3, 0.4) is 0 Å². The first kappa shape index (κ1) is 21.6. The van der Waals surface area contributed by atoms with E-state index in [1.54, 1.807) is 34.6 Å². The lowest BCUT2D eigenvalue weighted by atomic mass is 10.2. The summed E-state index contributed by atoms with van der Waals surface area (Å²) >= 11 is 12.3. The van der Waals surface area contributed by atoms with Crippen molar-refractivity contribution in [3.05, 3.63) is 27.7 Å². The normalized spacial score (nSPS) is 19.1. The van der Waals surface area contributed by atoms with Crippen molar-refractivity contribution in [3.8, 4) is 5.75 Å². The molecule has 1 aliphatic rings. The maximum Gasteiger partial charge on any atom is 0.413 e. The van der Waals surface area contributed by atoms with Crippen molar-refractivity contribution in [1.82, 2.24) is 4.90 Å². The average Bonchev–Trinajstić information content (AvgIpc) is 2.79. The highest BCUT2D eigenvalue weighted by molar-refractivity contribution is 6.37. The second-order valence-electron chi connectivity index (χ2n) is 7.71. The Balaban J connectivity index is 2.17. The molecule has 2 N–H and O–H groups in total. The van der Waals surface area contributed by atoms with Gasteiger partial charge in [0.25, 0.3) is 0 Å². The molecule has 1 fully saturated rings. The predicted octanol–water partition coefficient (Wildman–Crippen LogP) is 3.84. The van der Waals surface area contributed by atoms with Gasteiger partial charge in [0.15, 0.2) is 5.75 Å². The minimum Gasteiger partial charge on any atom is -0.488 e. The van der Waals surface area contributed by atoms with Crippen molar-refractivity contribution < 1.29 is 23.8 Å². The van der Waals surface area contributed by atoms with Crippen LogP contribution in [0.1, 0.15) is 45.0 Å². The lowest BCUT2D eigenvalue weighted by Gasteiger charge is -2.35. The molecule has 1 saturated heterocycles. The van der Waals surface area contributed by atoms with E-state index in [2.05, 4.69) is 0 Å². The number of hydrogen-bond donors (Lipinski definition) is 1. The minimum atomic E-state index is -0.847. The standard InChI is InChI=1S/C18H24Cl2N2O5/c1-17(2,3)27-16(24)22-11(9-26-18(22,4)5)8-25-14-12(19)6-10(15(21)23)7-13(14)20/h6-7,11H,8-9H2,1-5H3,(H2,21,23)/t11-/m0/s1. The van der Waals surface area contributed by atoms with E-state index in [4.69, 9.17) is 43.1 Å². The number of carbonyl (C=O) groups excluding carboxylic acids is 2. The van der Waals surface area contributed by atoms with Crippen LogP contribution < -0.4 is 10.5 Å². The van der Waals surface area contributed by atoms with Crippen LogP contribution in [0.4, 0.5) is 4.79 Å². The zero-order valence-corrected chi connectivity index (χ0v) is 17.5. The Morgan fingerprint density at radius 2 is 1.85 bits per heavy atom. The van der Waals surface area contributed by atoms with Crippen LogP contribution in [0.15, 0.2) is 12.1 Å². The first-order valence-corrected chi connectivity index (χ1v) is 9.15. The molecule has 2 amide bonds. The van der Waals surface area contributed by atoms with E-state index >= 15 is 0 Å². The molecule has 0 unspecified atom stereocenters. The Morgan fingerprint density at radius 3 is 2.33 bits per heavy atom. The number of benzene rings is 1. The summed E-state index contributed by atoms with van der Waals surface area (Å²) in [4.78, 5) is 25.4. The molecular formula is C18H24Cl2N2O5. The highest BCUT2D eigenvalue weighted by atomic mass is 35.5. The fourth-order valence-electron chi connectivity index (χ4n) is 2.71. The third kappa shape index (κ3) is 5.18. The van der Waals surface area contributed by atoms with E-state index in [-0.39, 0.29) is 34.6 Å². The summed E-state index contributed by atoms with van der Waals surface area (Å²) in [6.45, 7) is 9.27. The van der Waals surface area contributed by atoms with Gasteiger partial charge < -0.3 is 19.9 Å². The summed E-state index contributed by atoms with van der Waals surface area (Å²) in [5.74, 6) is -0.440. The number of nitrogens with zero attached hydrogens (tertiary/aromatic N) is 1. The van der Waals surface area contributed by atoms with Gasteiger partial charge in [0.05, 0.1) is 22.7 Å². The molecule has 2 rings (SSSR count). The molecular weight excluding hydrogens is 395 g/mol. The van der Waals surface area contributed by atoms with Gasteiger partial charge in [-0.2, -0.15) is 0 Å². The lowest BCUT2D eigenvalue weighted by molar-refractivity contribution is -0.0637. The van der Waals surface area contributed by atoms with E-state index < -0.39 is 29.4 Å². The Morgan fingerprint density at radius 1 is 1.30 bits per heavy atom. The molecule has 7 nitrogen and oxygen atoms in total. The molecule has 1 aliphatic heterocycles. The summed E-state index contributed by atoms with van der Waals surface area (Å²) in [7, 11) is 0. The third-order valence-corrected chi connectivity index (χ3v) is 4.43. The second kappa shape index (κ2) is 7.73. The van der Waals surface area contributed by atoms with Gasteiger partial charge in [0.1, 0.15) is 17.9 Å². The molecule has 0 bridgehead atoms. The van der Waals surface area contributed by atoms with Gasteiger partial charge in [-0.05, 0) is 46.8 Å². The Kier molecular flexibility index (Phi) is 6.19. The van der Waals surface area contributed by atoms with Crippen LogP contribution in [0.5, 0.6) is 5.75 Å². The van der Waals surface area contributed by atoms with Gasteiger partial charge >= 0.3 is 6.09 Å². The van der Waals surface area contributed by atoms with Gasteiger partial charge in [-0.1, -0.05) is 23.2 Å². The number of ether oxygens (including phenoxy) is 3. The largest absolute Gasteiger partial charge is 0.488 e. The third-order valence-electron chi connectivity index (χ3n) is 3.87. The van der Waals surface area contributed by atoms with Crippen molar-refractivity contribution in [3.63, 3.8) is 0 Å². The van der Waals surface area contributed by atoms with Crippen LogP contribution in [0.25, 0.3) is 0 Å². The van der Waals surface area contributed by atoms with Crippen LogP contribution in [-0.2, 0) is 9.47 Å². The van der Waals surface area contributed by atoms with Crippen LogP contribution >= 0.6 is 23.2 Å². The van der Waals surface area contributed by atoms with E-state index in [9.17, 15) is 9.59 Å². The van der Waals surface area contributed by atoms with Gasteiger partial charge in [-0.3, -0.25) is 9.69 Å². The molecule has 0 aliphatic carbocycles. The average molecular weight is 419 g/mol. The number of carbonyl (C=O) groups is 2. The molecule has 0 saturated carbocycles. The summed E-state index contributed by atoms with van der Waals surface area (Å²) in [5, 5.41) is 0.302. The molecule has 1 atom stereocenters. The van der Waals surface area contributed by atoms with Gasteiger partial charge in [0.2, 0.25) is 5.91 Å². The highest BCUT2D eigenvalue weighted by Gasteiger charge is 2.46. The summed E-state index contributed by atoms with van der Waals surface area (Å²) in [6.07, 6.45) is -0.500. The van der Waals surface area contributed by atoms with Crippen molar-refractivity contribution in [2.24, 2.45) is 5.73 Å². The fourth-order valence-corrected chi connectivity index (χ4v) is 3.30. The lowest BCUT2D eigenvalue weighted by Crippen LogP contribution is -2.51. The second-order valence-corrected chi connectivity index (χ2v) is 8.52. The first-order chi connectivity index (χ1) is 12.3. The van der Waals surface area contributed by atoms with Crippen molar-refractivity contribution in [1.29, 1.82) is 0 Å². The number of nitrogens with two attached hydrogens (primary N) is 1.